The molecule has 0 saturated heterocycles. The molecular formula is C8H12S. The molecule has 0 aromatic carbocycles. The van der Waals surface area contributed by atoms with Crippen LogP contribution in [0.4, 0.5) is 0 Å². The molecule has 1 fully saturated rings. The molecule has 0 aromatic heterocycles. The van der Waals surface area contributed by atoms with Gasteiger partial charge in [0, 0.05) is 11.2 Å². The number of terminal acetylenes is 1. The number of hydrogen-bond donors (Lipinski definition) is 1. The van der Waals surface area contributed by atoms with Crippen molar-refractivity contribution in [1.82, 2.24) is 0 Å². The maximum absolute atomic E-state index is 5.19. The topological polar surface area (TPSA) is 0 Å². The molecule has 1 aliphatic carbocycles. The van der Waals surface area contributed by atoms with Crippen LogP contribution in [0.5, 0.6) is 0 Å². The maximum Gasteiger partial charge on any atom is 0.0239 e. The Morgan fingerprint density at radius 3 is 2.44 bits per heavy atom. The van der Waals surface area contributed by atoms with Gasteiger partial charge in [0.15, 0.2) is 0 Å². The Morgan fingerprint density at radius 1 is 1.44 bits per heavy atom. The van der Waals surface area contributed by atoms with Gasteiger partial charge in [-0.25, -0.2) is 0 Å². The summed E-state index contributed by atoms with van der Waals surface area (Å²) in [7, 11) is 0. The first-order valence-electron chi connectivity index (χ1n) is 3.43. The van der Waals surface area contributed by atoms with Crippen LogP contribution < -0.4 is 0 Å². The lowest BCUT2D eigenvalue weighted by Gasteiger charge is -2.17. The fourth-order valence-corrected chi connectivity index (χ4v) is 1.81. The molecule has 1 saturated carbocycles. The minimum absolute atomic E-state index is 0.203. The van der Waals surface area contributed by atoms with Gasteiger partial charge >= 0.3 is 0 Å². The van der Waals surface area contributed by atoms with Crippen LogP contribution in [0.2, 0.25) is 0 Å². The predicted octanol–water partition coefficient (Wildman–Crippen LogP) is 2.25. The van der Waals surface area contributed by atoms with Gasteiger partial charge in [0.1, 0.15) is 0 Å². The summed E-state index contributed by atoms with van der Waals surface area (Å²) in [5.74, 6) is 2.67. The van der Waals surface area contributed by atoms with Crippen molar-refractivity contribution in [2.24, 2.45) is 0 Å². The molecule has 0 aliphatic heterocycles. The third kappa shape index (κ3) is 1.66. The Hall–Kier alpha value is -0.0900. The molecule has 0 bridgehead atoms. The molecule has 1 heteroatoms. The van der Waals surface area contributed by atoms with Crippen molar-refractivity contribution >= 4 is 12.6 Å². The number of rotatable bonds is 1. The monoisotopic (exact) mass is 140 g/mol. The molecule has 1 aliphatic rings. The van der Waals surface area contributed by atoms with E-state index >= 15 is 0 Å². The zero-order chi connectivity index (χ0) is 6.74. The van der Waals surface area contributed by atoms with E-state index in [1.807, 2.05) is 0 Å². The number of thiol groups is 1. The SMILES string of the molecule is C#CCC1(S)CCCC1. The predicted molar refractivity (Wildman–Crippen MR) is 43.6 cm³/mol. The molecule has 0 amide bonds. The van der Waals surface area contributed by atoms with Crippen LogP contribution >= 0.6 is 12.6 Å². The maximum atomic E-state index is 5.19. The Balaban J connectivity index is 2.43. The number of hydrogen-bond acceptors (Lipinski definition) is 1. The molecule has 0 atom stereocenters. The normalized spacial score (nSPS) is 23.6. The van der Waals surface area contributed by atoms with E-state index in [1.54, 1.807) is 0 Å². The Bertz CT molecular complexity index is 126. The molecule has 0 heterocycles. The second-order valence-electron chi connectivity index (χ2n) is 2.81. The largest absolute Gasteiger partial charge is 0.172 e. The first-order chi connectivity index (χ1) is 4.27. The molecule has 9 heavy (non-hydrogen) atoms. The molecule has 0 nitrogen and oxygen atoms in total. The van der Waals surface area contributed by atoms with Crippen molar-refractivity contribution in [3.63, 3.8) is 0 Å². The summed E-state index contributed by atoms with van der Waals surface area (Å²) in [6.07, 6.45) is 11.1. The molecule has 1 rings (SSSR count). The molecule has 0 aromatic rings. The molecule has 0 radical (unpaired) electrons. The first-order valence-corrected chi connectivity index (χ1v) is 3.87. The third-order valence-corrected chi connectivity index (χ3v) is 2.57. The van der Waals surface area contributed by atoms with Crippen molar-refractivity contribution in [3.05, 3.63) is 0 Å². The zero-order valence-corrected chi connectivity index (χ0v) is 6.45. The second-order valence-corrected chi connectivity index (χ2v) is 3.76. The lowest BCUT2D eigenvalue weighted by atomic mass is 10.0. The van der Waals surface area contributed by atoms with E-state index in [2.05, 4.69) is 18.5 Å². The van der Waals surface area contributed by atoms with Gasteiger partial charge in [-0.2, -0.15) is 12.6 Å². The molecule has 0 N–H and O–H groups in total. The molecule has 0 spiro atoms. The summed E-state index contributed by atoms with van der Waals surface area (Å²) in [5, 5.41) is 0. The smallest absolute Gasteiger partial charge is 0.0239 e. The fourth-order valence-electron chi connectivity index (χ4n) is 1.40. The van der Waals surface area contributed by atoms with Crippen LogP contribution in [0, 0.1) is 12.3 Å². The lowest BCUT2D eigenvalue weighted by molar-refractivity contribution is 0.632. The van der Waals surface area contributed by atoms with Gasteiger partial charge < -0.3 is 0 Å². The van der Waals surface area contributed by atoms with Gasteiger partial charge in [-0.05, 0) is 12.8 Å². The highest BCUT2D eigenvalue weighted by Crippen LogP contribution is 2.37. The van der Waals surface area contributed by atoms with Crippen molar-refractivity contribution < 1.29 is 0 Å². The summed E-state index contributed by atoms with van der Waals surface area (Å²) >= 11 is 4.52. The Kier molecular flexibility index (Phi) is 2.08. The van der Waals surface area contributed by atoms with Gasteiger partial charge in [-0.3, -0.25) is 0 Å². The summed E-state index contributed by atoms with van der Waals surface area (Å²) in [5.41, 5.74) is 0. The highest BCUT2D eigenvalue weighted by Gasteiger charge is 2.28. The Morgan fingerprint density at radius 2 is 2.00 bits per heavy atom. The van der Waals surface area contributed by atoms with E-state index in [0.29, 0.717) is 0 Å². The summed E-state index contributed by atoms with van der Waals surface area (Å²) in [4.78, 5) is 0. The summed E-state index contributed by atoms with van der Waals surface area (Å²) in [6, 6.07) is 0. The van der Waals surface area contributed by atoms with Gasteiger partial charge in [-0.15, -0.1) is 12.3 Å². The van der Waals surface area contributed by atoms with Gasteiger partial charge in [0.2, 0.25) is 0 Å². The quantitative estimate of drug-likeness (QED) is 0.419. The molecule has 50 valence electrons. The van der Waals surface area contributed by atoms with E-state index in [9.17, 15) is 0 Å². The van der Waals surface area contributed by atoms with Crippen molar-refractivity contribution in [1.29, 1.82) is 0 Å². The van der Waals surface area contributed by atoms with Crippen molar-refractivity contribution in [3.8, 4) is 12.3 Å². The fraction of sp³-hybridized carbons (Fsp3) is 0.750. The van der Waals surface area contributed by atoms with Gasteiger partial charge in [0.05, 0.1) is 0 Å². The van der Waals surface area contributed by atoms with Crippen LogP contribution in [0.1, 0.15) is 32.1 Å². The molecule has 0 unspecified atom stereocenters. The van der Waals surface area contributed by atoms with E-state index in [4.69, 9.17) is 6.42 Å². The average molecular weight is 140 g/mol. The van der Waals surface area contributed by atoms with E-state index in [-0.39, 0.29) is 4.75 Å². The van der Waals surface area contributed by atoms with Crippen LogP contribution in [-0.4, -0.2) is 4.75 Å². The first kappa shape index (κ1) is 7.02. The van der Waals surface area contributed by atoms with Crippen LogP contribution in [0.25, 0.3) is 0 Å². The zero-order valence-electron chi connectivity index (χ0n) is 5.56. The van der Waals surface area contributed by atoms with Crippen LogP contribution in [-0.2, 0) is 0 Å². The summed E-state index contributed by atoms with van der Waals surface area (Å²) < 4.78 is 0.203. The second kappa shape index (κ2) is 2.66. The van der Waals surface area contributed by atoms with Gasteiger partial charge in [-0.1, -0.05) is 12.8 Å². The van der Waals surface area contributed by atoms with Crippen LogP contribution in [0.3, 0.4) is 0 Å². The van der Waals surface area contributed by atoms with E-state index < -0.39 is 0 Å². The van der Waals surface area contributed by atoms with Crippen LogP contribution in [0.15, 0.2) is 0 Å². The standard InChI is InChI=1S/C8H12S/c1-2-5-8(9)6-3-4-7-8/h1,9H,3-7H2. The van der Waals surface area contributed by atoms with E-state index in [1.165, 1.54) is 25.7 Å². The highest BCUT2D eigenvalue weighted by molar-refractivity contribution is 7.81. The highest BCUT2D eigenvalue weighted by atomic mass is 32.1. The van der Waals surface area contributed by atoms with Crippen molar-refractivity contribution in [2.45, 2.75) is 36.9 Å². The minimum Gasteiger partial charge on any atom is -0.172 e. The Labute approximate surface area is 62.4 Å². The van der Waals surface area contributed by atoms with Gasteiger partial charge in [0.25, 0.3) is 0 Å². The minimum atomic E-state index is 0.203. The lowest BCUT2D eigenvalue weighted by Crippen LogP contribution is -2.14. The molecular weight excluding hydrogens is 128 g/mol. The third-order valence-electron chi connectivity index (χ3n) is 1.97. The summed E-state index contributed by atoms with van der Waals surface area (Å²) in [6.45, 7) is 0. The average Bonchev–Trinajstić information content (AvgIpc) is 2.16. The van der Waals surface area contributed by atoms with E-state index in [0.717, 1.165) is 6.42 Å². The van der Waals surface area contributed by atoms with Crippen molar-refractivity contribution in [2.75, 3.05) is 0 Å².